The number of hydrogen-bond acceptors (Lipinski definition) is 3. The normalized spacial score (nSPS) is 10.8. The highest BCUT2D eigenvalue weighted by Gasteiger charge is 2.14. The summed E-state index contributed by atoms with van der Waals surface area (Å²) in [6.45, 7) is 6.51. The topological polar surface area (TPSA) is 82.3 Å². The Labute approximate surface area is 175 Å². The molecule has 2 aromatic carbocycles. The molecule has 0 aliphatic heterocycles. The van der Waals surface area contributed by atoms with Crippen LogP contribution in [0.15, 0.2) is 48.5 Å². The van der Waals surface area contributed by atoms with Crippen molar-refractivity contribution in [1.82, 2.24) is 16.2 Å². The first-order chi connectivity index (χ1) is 13.6. The van der Waals surface area contributed by atoms with Crippen molar-refractivity contribution in [3.8, 4) is 0 Å². The summed E-state index contributed by atoms with van der Waals surface area (Å²) < 4.78 is 12.9. The van der Waals surface area contributed by atoms with E-state index in [1.807, 2.05) is 12.1 Å². The number of thiocarbonyl (C=S) groups is 1. The molecule has 2 amide bonds. The van der Waals surface area contributed by atoms with Gasteiger partial charge in [0.25, 0.3) is 5.91 Å². The van der Waals surface area contributed by atoms with Gasteiger partial charge < -0.3 is 10.6 Å². The molecule has 0 bridgehead atoms. The molecule has 0 heterocycles. The van der Waals surface area contributed by atoms with Crippen LogP contribution in [0.5, 0.6) is 0 Å². The number of anilines is 1. The zero-order chi connectivity index (χ0) is 21.4. The van der Waals surface area contributed by atoms with E-state index in [1.54, 1.807) is 12.1 Å². The monoisotopic (exact) mass is 416 g/mol. The van der Waals surface area contributed by atoms with Gasteiger partial charge in [-0.3, -0.25) is 20.4 Å². The zero-order valence-corrected chi connectivity index (χ0v) is 17.5. The fourth-order valence-corrected chi connectivity index (χ4v) is 2.57. The molecule has 0 unspecified atom stereocenters. The lowest BCUT2D eigenvalue weighted by atomic mass is 9.87. The van der Waals surface area contributed by atoms with Crippen molar-refractivity contribution in [2.24, 2.45) is 0 Å². The van der Waals surface area contributed by atoms with Gasteiger partial charge in [-0.15, -0.1) is 0 Å². The minimum Gasteiger partial charge on any atom is -0.352 e. The maximum atomic E-state index is 12.9. The summed E-state index contributed by atoms with van der Waals surface area (Å²) in [4.78, 5) is 24.0. The Bertz CT molecular complexity index is 862. The van der Waals surface area contributed by atoms with E-state index in [1.165, 1.54) is 24.3 Å². The number of rotatable bonds is 5. The average molecular weight is 417 g/mol. The van der Waals surface area contributed by atoms with Gasteiger partial charge in [-0.1, -0.05) is 32.9 Å². The van der Waals surface area contributed by atoms with Crippen molar-refractivity contribution in [2.45, 2.75) is 32.6 Å². The average Bonchev–Trinajstić information content (AvgIpc) is 2.67. The van der Waals surface area contributed by atoms with Crippen LogP contribution in [0.3, 0.4) is 0 Å². The molecular weight excluding hydrogens is 391 g/mol. The molecule has 0 atom stereocenters. The third-order valence-corrected chi connectivity index (χ3v) is 4.27. The molecule has 0 saturated heterocycles. The largest absolute Gasteiger partial charge is 0.352 e. The van der Waals surface area contributed by atoms with Gasteiger partial charge in [-0.05, 0) is 59.6 Å². The lowest BCUT2D eigenvalue weighted by molar-refractivity contribution is -0.121. The molecule has 0 fully saturated rings. The second-order valence-corrected chi connectivity index (χ2v) is 7.88. The number of hydrazine groups is 1. The van der Waals surface area contributed by atoms with E-state index in [-0.39, 0.29) is 41.1 Å². The van der Waals surface area contributed by atoms with E-state index >= 15 is 0 Å². The number of benzene rings is 2. The number of nitrogens with one attached hydrogen (secondary N) is 4. The van der Waals surface area contributed by atoms with E-state index < -0.39 is 0 Å². The summed E-state index contributed by atoms with van der Waals surface area (Å²) in [5.74, 6) is -0.925. The Morgan fingerprint density at radius 3 is 2.17 bits per heavy atom. The van der Waals surface area contributed by atoms with Crippen LogP contribution in [-0.4, -0.2) is 23.5 Å². The standard InChI is InChI=1S/C21H25FN4O2S/c1-21(2,3)15-6-4-14(5-7-15)19(28)23-13-12-18(27)25-26-20(29)24-17-10-8-16(22)9-11-17/h4-11H,12-13H2,1-3H3,(H,23,28)(H,25,27)(H2,24,26,29). The Morgan fingerprint density at radius 1 is 0.966 bits per heavy atom. The van der Waals surface area contributed by atoms with Gasteiger partial charge in [0.05, 0.1) is 0 Å². The predicted octanol–water partition coefficient (Wildman–Crippen LogP) is 3.26. The molecule has 0 spiro atoms. The minimum atomic E-state index is -0.352. The summed E-state index contributed by atoms with van der Waals surface area (Å²) in [6, 6.07) is 13.0. The number of hydrogen-bond donors (Lipinski definition) is 4. The molecule has 0 aliphatic carbocycles. The van der Waals surface area contributed by atoms with Crippen LogP contribution in [-0.2, 0) is 10.2 Å². The maximum Gasteiger partial charge on any atom is 0.251 e. The molecule has 0 saturated carbocycles. The molecule has 6 nitrogen and oxygen atoms in total. The Morgan fingerprint density at radius 2 is 1.59 bits per heavy atom. The van der Waals surface area contributed by atoms with Crippen molar-refractivity contribution < 1.29 is 14.0 Å². The Hall–Kier alpha value is -3.00. The molecule has 154 valence electrons. The first-order valence-electron chi connectivity index (χ1n) is 9.15. The summed E-state index contributed by atoms with van der Waals surface area (Å²) in [5.41, 5.74) is 7.28. The van der Waals surface area contributed by atoms with Crippen LogP contribution in [0, 0.1) is 5.82 Å². The van der Waals surface area contributed by atoms with Gasteiger partial charge in [0.2, 0.25) is 5.91 Å². The Kier molecular flexibility index (Phi) is 7.67. The molecule has 8 heteroatoms. The highest BCUT2D eigenvalue weighted by molar-refractivity contribution is 7.80. The Balaban J connectivity index is 1.69. The lowest BCUT2D eigenvalue weighted by Crippen LogP contribution is -2.44. The van der Waals surface area contributed by atoms with E-state index in [2.05, 4.69) is 42.3 Å². The van der Waals surface area contributed by atoms with Crippen molar-refractivity contribution >= 4 is 34.8 Å². The number of halogens is 1. The summed E-state index contributed by atoms with van der Waals surface area (Å²) in [5, 5.41) is 5.67. The molecule has 0 radical (unpaired) electrons. The molecule has 0 aromatic heterocycles. The highest BCUT2D eigenvalue weighted by Crippen LogP contribution is 2.22. The number of carbonyl (C=O) groups is 2. The highest BCUT2D eigenvalue weighted by atomic mass is 32.1. The third-order valence-electron chi connectivity index (χ3n) is 4.07. The molecule has 4 N–H and O–H groups in total. The SMILES string of the molecule is CC(C)(C)c1ccc(C(=O)NCCC(=O)NNC(=S)Nc2ccc(F)cc2)cc1. The predicted molar refractivity (Wildman–Crippen MR) is 116 cm³/mol. The van der Waals surface area contributed by atoms with Crippen LogP contribution in [0.1, 0.15) is 43.1 Å². The van der Waals surface area contributed by atoms with E-state index in [0.717, 1.165) is 5.56 Å². The summed E-state index contributed by atoms with van der Waals surface area (Å²) in [6.07, 6.45) is 0.0813. The summed E-state index contributed by atoms with van der Waals surface area (Å²) in [7, 11) is 0. The molecule has 29 heavy (non-hydrogen) atoms. The van der Waals surface area contributed by atoms with Gasteiger partial charge in [0.1, 0.15) is 5.82 Å². The lowest BCUT2D eigenvalue weighted by Gasteiger charge is -2.19. The fraction of sp³-hybridized carbons (Fsp3) is 0.286. The molecule has 0 aliphatic rings. The van der Waals surface area contributed by atoms with Crippen molar-refractivity contribution in [3.05, 3.63) is 65.5 Å². The van der Waals surface area contributed by atoms with Crippen LogP contribution >= 0.6 is 12.2 Å². The zero-order valence-electron chi connectivity index (χ0n) is 16.6. The number of carbonyl (C=O) groups excluding carboxylic acids is 2. The van der Waals surface area contributed by atoms with Crippen LogP contribution < -0.4 is 21.5 Å². The van der Waals surface area contributed by atoms with Gasteiger partial charge in [-0.25, -0.2) is 4.39 Å². The third kappa shape index (κ3) is 7.50. The van der Waals surface area contributed by atoms with Crippen LogP contribution in [0.25, 0.3) is 0 Å². The van der Waals surface area contributed by atoms with E-state index in [0.29, 0.717) is 11.3 Å². The molecular formula is C21H25FN4O2S. The smallest absolute Gasteiger partial charge is 0.251 e. The van der Waals surface area contributed by atoms with E-state index in [4.69, 9.17) is 12.2 Å². The molecule has 2 aromatic rings. The first kappa shape index (κ1) is 22.3. The first-order valence-corrected chi connectivity index (χ1v) is 9.56. The van der Waals surface area contributed by atoms with Gasteiger partial charge in [0, 0.05) is 24.2 Å². The second kappa shape index (κ2) is 9.97. The fourth-order valence-electron chi connectivity index (χ4n) is 2.40. The van der Waals surface area contributed by atoms with Crippen molar-refractivity contribution in [1.29, 1.82) is 0 Å². The van der Waals surface area contributed by atoms with Gasteiger partial charge in [-0.2, -0.15) is 0 Å². The minimum absolute atomic E-state index is 0.0201. The number of amides is 2. The quantitative estimate of drug-likeness (QED) is 0.444. The maximum absolute atomic E-state index is 12.9. The van der Waals surface area contributed by atoms with Gasteiger partial charge >= 0.3 is 0 Å². The van der Waals surface area contributed by atoms with Crippen molar-refractivity contribution in [2.75, 3.05) is 11.9 Å². The van der Waals surface area contributed by atoms with E-state index in [9.17, 15) is 14.0 Å². The van der Waals surface area contributed by atoms with Crippen LogP contribution in [0.2, 0.25) is 0 Å². The van der Waals surface area contributed by atoms with Gasteiger partial charge in [0.15, 0.2) is 5.11 Å². The molecule has 2 rings (SSSR count). The summed E-state index contributed by atoms with van der Waals surface area (Å²) >= 11 is 5.04. The van der Waals surface area contributed by atoms with Crippen LogP contribution in [0.4, 0.5) is 10.1 Å². The van der Waals surface area contributed by atoms with Crippen molar-refractivity contribution in [3.63, 3.8) is 0 Å². The second-order valence-electron chi connectivity index (χ2n) is 7.47.